The summed E-state index contributed by atoms with van der Waals surface area (Å²) in [6.07, 6.45) is 0. The van der Waals surface area contributed by atoms with Crippen LogP contribution < -0.4 is 5.09 Å². The third-order valence-electron chi connectivity index (χ3n) is 3.87. The topological polar surface area (TPSA) is 45.0 Å². The molecule has 4 atom stereocenters. The van der Waals surface area contributed by atoms with E-state index in [9.17, 15) is 4.39 Å². The Morgan fingerprint density at radius 2 is 2.30 bits per heavy atom. The Morgan fingerprint density at radius 3 is 2.95 bits per heavy atom. The van der Waals surface area contributed by atoms with Crippen molar-refractivity contribution in [2.75, 3.05) is 19.0 Å². The molecule has 0 spiro atoms. The van der Waals surface area contributed by atoms with Crippen LogP contribution in [0.1, 0.15) is 12.5 Å². The third-order valence-corrected chi connectivity index (χ3v) is 5.65. The van der Waals surface area contributed by atoms with E-state index in [1.807, 2.05) is 13.0 Å². The summed E-state index contributed by atoms with van der Waals surface area (Å²) in [6, 6.07) is 8.95. The van der Waals surface area contributed by atoms with Crippen molar-refractivity contribution in [3.8, 4) is 6.07 Å². The van der Waals surface area contributed by atoms with Gasteiger partial charge in [0.1, 0.15) is 5.82 Å². The maximum absolute atomic E-state index is 14.2. The minimum Gasteiger partial charge on any atom is -0.380 e. The van der Waals surface area contributed by atoms with Gasteiger partial charge in [0, 0.05) is 16.7 Å². The number of nitriles is 1. The lowest BCUT2D eigenvalue weighted by Crippen LogP contribution is -2.46. The van der Waals surface area contributed by atoms with E-state index in [-0.39, 0.29) is 17.0 Å². The van der Waals surface area contributed by atoms with Crippen molar-refractivity contribution < 1.29 is 9.13 Å². The molecule has 0 aromatic heterocycles. The molecule has 1 heterocycles. The minimum absolute atomic E-state index is 0.107. The molecule has 1 aliphatic heterocycles. The van der Waals surface area contributed by atoms with Crippen LogP contribution in [0, 0.1) is 23.1 Å². The van der Waals surface area contributed by atoms with Crippen LogP contribution in [-0.4, -0.2) is 24.2 Å². The van der Waals surface area contributed by atoms with Crippen LogP contribution in [0.3, 0.4) is 0 Å². The van der Waals surface area contributed by atoms with Gasteiger partial charge in [-0.1, -0.05) is 27.6 Å². The number of hydrogen-bond donors (Lipinski definition) is 1. The van der Waals surface area contributed by atoms with Crippen LogP contribution in [0.25, 0.3) is 0 Å². The Bertz CT molecular complexity index is 510. The van der Waals surface area contributed by atoms with Crippen molar-refractivity contribution in [2.45, 2.75) is 17.7 Å². The Hall–Kier alpha value is -0.660. The summed E-state index contributed by atoms with van der Waals surface area (Å²) in [7, 11) is 2.49. The highest BCUT2D eigenvalue weighted by Crippen LogP contribution is 2.41. The number of nitrogens with one attached hydrogen (secondary N) is 1. The Morgan fingerprint density at radius 1 is 1.55 bits per heavy atom. The van der Waals surface area contributed by atoms with Gasteiger partial charge >= 0.3 is 0 Å². The van der Waals surface area contributed by atoms with Gasteiger partial charge in [-0.05, 0) is 13.0 Å². The maximum Gasteiger partial charge on any atom is 0.128 e. The monoisotopic (exact) mass is 312 g/mol. The second-order valence-electron chi connectivity index (χ2n) is 4.98. The summed E-state index contributed by atoms with van der Waals surface area (Å²) in [6.45, 7) is 3.15. The fraction of sp³-hybridized carbons (Fsp3) is 0.500. The summed E-state index contributed by atoms with van der Waals surface area (Å²) in [5.74, 6) is 0.311. The highest BCUT2D eigenvalue weighted by molar-refractivity contribution is 8.00. The van der Waals surface area contributed by atoms with E-state index in [2.05, 4.69) is 20.5 Å². The standard InChI is InChI=1S/C14H18FN2OPS/c1-14(17-19,10-4-2-3-5-12(10)15)11-8-18-9-13(11)20-7-6-16/h2-5,11,13,17H,7-9,19H2,1H3/t11?,13?,14-/m1/s1. The number of ether oxygens (including phenoxy) is 1. The smallest absolute Gasteiger partial charge is 0.128 e. The first-order valence-electron chi connectivity index (χ1n) is 6.42. The Kier molecular flexibility index (Phi) is 5.40. The van der Waals surface area contributed by atoms with Crippen molar-refractivity contribution in [1.29, 1.82) is 5.26 Å². The van der Waals surface area contributed by atoms with Gasteiger partial charge in [-0.25, -0.2) is 4.39 Å². The predicted molar refractivity (Wildman–Crippen MR) is 82.8 cm³/mol. The molecule has 6 heteroatoms. The third kappa shape index (κ3) is 2.99. The zero-order chi connectivity index (χ0) is 14.6. The highest BCUT2D eigenvalue weighted by atomic mass is 32.2. The van der Waals surface area contributed by atoms with E-state index < -0.39 is 5.54 Å². The molecule has 1 saturated heterocycles. The molecule has 1 aromatic carbocycles. The average molecular weight is 312 g/mol. The second-order valence-corrected chi connectivity index (χ2v) is 6.49. The van der Waals surface area contributed by atoms with Crippen LogP contribution in [0.15, 0.2) is 24.3 Å². The second kappa shape index (κ2) is 6.87. The summed E-state index contributed by atoms with van der Waals surface area (Å²) in [5.41, 5.74) is 0.0904. The van der Waals surface area contributed by atoms with E-state index in [1.54, 1.807) is 23.9 Å². The van der Waals surface area contributed by atoms with Crippen LogP contribution in [0.5, 0.6) is 0 Å². The zero-order valence-corrected chi connectivity index (χ0v) is 13.3. The minimum atomic E-state index is -0.542. The van der Waals surface area contributed by atoms with Gasteiger partial charge in [-0.15, -0.1) is 11.8 Å². The predicted octanol–water partition coefficient (Wildman–Crippen LogP) is 2.69. The Labute approximate surface area is 125 Å². The Balaban J connectivity index is 2.30. The molecule has 1 N–H and O–H groups in total. The lowest BCUT2D eigenvalue weighted by Gasteiger charge is -2.38. The maximum atomic E-state index is 14.2. The molecule has 0 radical (unpaired) electrons. The fourth-order valence-electron chi connectivity index (χ4n) is 2.65. The SMILES string of the molecule is C[C@@](NP)(c1ccccc1F)C1COCC1SCC#N. The van der Waals surface area contributed by atoms with Gasteiger partial charge in [0.15, 0.2) is 0 Å². The summed E-state index contributed by atoms with van der Waals surface area (Å²) < 4.78 is 19.7. The van der Waals surface area contributed by atoms with Crippen LogP contribution in [0.4, 0.5) is 4.39 Å². The van der Waals surface area contributed by atoms with Crippen molar-refractivity contribution in [2.24, 2.45) is 5.92 Å². The first-order chi connectivity index (χ1) is 9.63. The van der Waals surface area contributed by atoms with Gasteiger partial charge in [0.2, 0.25) is 0 Å². The number of nitrogens with zero attached hydrogens (tertiary/aromatic N) is 1. The molecule has 0 aliphatic carbocycles. The van der Waals surface area contributed by atoms with Gasteiger partial charge in [-0.3, -0.25) is 5.09 Å². The number of hydrogen-bond acceptors (Lipinski definition) is 4. The molecule has 1 aliphatic rings. The molecule has 2 rings (SSSR count). The highest BCUT2D eigenvalue weighted by Gasteiger charge is 2.44. The van der Waals surface area contributed by atoms with E-state index in [0.717, 1.165) is 0 Å². The van der Waals surface area contributed by atoms with Gasteiger partial charge in [0.05, 0.1) is 30.6 Å². The molecule has 108 valence electrons. The van der Waals surface area contributed by atoms with Crippen molar-refractivity contribution in [3.05, 3.63) is 35.6 Å². The first kappa shape index (κ1) is 15.7. The lowest BCUT2D eigenvalue weighted by atomic mass is 9.79. The van der Waals surface area contributed by atoms with Crippen molar-refractivity contribution in [3.63, 3.8) is 0 Å². The molecule has 1 aromatic rings. The van der Waals surface area contributed by atoms with Gasteiger partial charge in [0.25, 0.3) is 0 Å². The summed E-state index contributed by atoms with van der Waals surface area (Å²) in [4.78, 5) is 0. The molecule has 0 amide bonds. The van der Waals surface area contributed by atoms with Crippen LogP contribution in [-0.2, 0) is 10.3 Å². The first-order valence-corrected chi connectivity index (χ1v) is 8.05. The van der Waals surface area contributed by atoms with Crippen molar-refractivity contribution in [1.82, 2.24) is 5.09 Å². The van der Waals surface area contributed by atoms with E-state index >= 15 is 0 Å². The van der Waals surface area contributed by atoms with E-state index in [4.69, 9.17) is 10.00 Å². The normalized spacial score (nSPS) is 25.1. The molecule has 0 saturated carbocycles. The largest absolute Gasteiger partial charge is 0.380 e. The quantitative estimate of drug-likeness (QED) is 0.849. The average Bonchev–Trinajstić information content (AvgIpc) is 2.93. The molecule has 0 bridgehead atoms. The number of thioether (sulfide) groups is 1. The molecule has 1 fully saturated rings. The molecule has 20 heavy (non-hydrogen) atoms. The molecular weight excluding hydrogens is 294 g/mol. The molecule has 3 nitrogen and oxygen atoms in total. The number of rotatable bonds is 5. The summed E-state index contributed by atoms with van der Waals surface area (Å²) >= 11 is 1.58. The van der Waals surface area contributed by atoms with Crippen molar-refractivity contribution >= 4 is 21.2 Å². The number of halogens is 1. The van der Waals surface area contributed by atoms with E-state index in [1.165, 1.54) is 6.07 Å². The molecular formula is C14H18FN2OPS. The van der Waals surface area contributed by atoms with E-state index in [0.29, 0.717) is 24.5 Å². The summed E-state index contributed by atoms with van der Waals surface area (Å²) in [5, 5.41) is 12.1. The molecule has 3 unspecified atom stereocenters. The lowest BCUT2D eigenvalue weighted by molar-refractivity contribution is 0.161. The van der Waals surface area contributed by atoms with Crippen LogP contribution >= 0.6 is 21.2 Å². The fourth-order valence-corrected chi connectivity index (χ4v) is 4.08. The van der Waals surface area contributed by atoms with Crippen LogP contribution in [0.2, 0.25) is 0 Å². The van der Waals surface area contributed by atoms with Gasteiger partial charge < -0.3 is 4.74 Å². The van der Waals surface area contributed by atoms with Gasteiger partial charge in [-0.2, -0.15) is 5.26 Å². The number of benzene rings is 1. The zero-order valence-electron chi connectivity index (χ0n) is 11.3.